The molecule has 2 heteroatoms. The third kappa shape index (κ3) is 6.95. The van der Waals surface area contributed by atoms with Crippen LogP contribution in [0, 0.1) is 10.7 Å². The summed E-state index contributed by atoms with van der Waals surface area (Å²) in [6, 6.07) is 0. The third-order valence-corrected chi connectivity index (χ3v) is 1.72. The standard InChI is InChI=1S/C9H11NS/c1-3-4-5-6-9(2)7-11-8-10/h3-6H,1,7H2,2H3/b5-4-,9-6+. The van der Waals surface area contributed by atoms with Gasteiger partial charge in [-0.05, 0) is 18.7 Å². The first kappa shape index (κ1) is 10.1. The molecule has 58 valence electrons. The maximum absolute atomic E-state index is 8.24. The van der Waals surface area contributed by atoms with E-state index in [4.69, 9.17) is 5.26 Å². The lowest BCUT2D eigenvalue weighted by atomic mass is 10.3. The Hall–Kier alpha value is -0.940. The molecule has 0 N–H and O–H groups in total. The van der Waals surface area contributed by atoms with Crippen LogP contribution in [0.1, 0.15) is 6.92 Å². The molecule has 0 aromatic carbocycles. The molecular formula is C9H11NS. The Kier molecular flexibility index (Phi) is 6.56. The van der Waals surface area contributed by atoms with E-state index in [2.05, 4.69) is 6.58 Å². The molecule has 0 aromatic rings. The lowest BCUT2D eigenvalue weighted by Gasteiger charge is -1.90. The van der Waals surface area contributed by atoms with Crippen LogP contribution in [-0.2, 0) is 0 Å². The maximum Gasteiger partial charge on any atom is 0.133 e. The van der Waals surface area contributed by atoms with Crippen LogP contribution >= 0.6 is 11.8 Å². The summed E-state index contributed by atoms with van der Waals surface area (Å²) in [5, 5.41) is 10.3. The van der Waals surface area contributed by atoms with E-state index in [0.29, 0.717) is 0 Å². The first-order valence-electron chi connectivity index (χ1n) is 3.27. The van der Waals surface area contributed by atoms with Crippen molar-refractivity contribution < 1.29 is 0 Å². The van der Waals surface area contributed by atoms with E-state index in [1.807, 2.05) is 30.6 Å². The fourth-order valence-corrected chi connectivity index (χ4v) is 0.881. The van der Waals surface area contributed by atoms with E-state index in [-0.39, 0.29) is 0 Å². The van der Waals surface area contributed by atoms with Gasteiger partial charge in [-0.3, -0.25) is 0 Å². The molecule has 0 aliphatic heterocycles. The number of allylic oxidation sites excluding steroid dienone is 4. The largest absolute Gasteiger partial charge is 0.185 e. The van der Waals surface area contributed by atoms with Crippen LogP contribution < -0.4 is 0 Å². The van der Waals surface area contributed by atoms with Crippen molar-refractivity contribution >= 4 is 11.8 Å². The highest BCUT2D eigenvalue weighted by molar-refractivity contribution is 8.03. The van der Waals surface area contributed by atoms with Crippen molar-refractivity contribution in [2.24, 2.45) is 0 Å². The predicted octanol–water partition coefficient (Wildman–Crippen LogP) is 2.89. The van der Waals surface area contributed by atoms with Crippen molar-refractivity contribution in [2.75, 3.05) is 5.75 Å². The molecule has 0 unspecified atom stereocenters. The molecule has 0 rings (SSSR count). The van der Waals surface area contributed by atoms with Crippen molar-refractivity contribution in [3.05, 3.63) is 36.5 Å². The summed E-state index contributed by atoms with van der Waals surface area (Å²) in [5.41, 5.74) is 1.19. The van der Waals surface area contributed by atoms with Crippen molar-refractivity contribution in [3.8, 4) is 5.40 Å². The third-order valence-electron chi connectivity index (χ3n) is 0.992. The number of nitriles is 1. The highest BCUT2D eigenvalue weighted by Gasteiger charge is 1.85. The van der Waals surface area contributed by atoms with Crippen molar-refractivity contribution in [2.45, 2.75) is 6.92 Å². The van der Waals surface area contributed by atoms with Gasteiger partial charge in [-0.1, -0.05) is 36.5 Å². The molecule has 0 radical (unpaired) electrons. The zero-order valence-corrected chi connectivity index (χ0v) is 7.40. The Morgan fingerprint density at radius 1 is 1.64 bits per heavy atom. The number of rotatable bonds is 4. The number of thiocyanates is 1. The monoisotopic (exact) mass is 165 g/mol. The lowest BCUT2D eigenvalue weighted by Crippen LogP contribution is -1.76. The first-order valence-corrected chi connectivity index (χ1v) is 4.25. The van der Waals surface area contributed by atoms with Crippen LogP contribution in [0.2, 0.25) is 0 Å². The molecule has 0 heterocycles. The number of hydrogen-bond acceptors (Lipinski definition) is 2. The molecule has 0 fully saturated rings. The molecule has 0 aliphatic rings. The Morgan fingerprint density at radius 2 is 2.36 bits per heavy atom. The van der Waals surface area contributed by atoms with Gasteiger partial charge in [0.25, 0.3) is 0 Å². The van der Waals surface area contributed by atoms with Crippen LogP contribution in [0.5, 0.6) is 0 Å². The number of hydrogen-bond donors (Lipinski definition) is 0. The predicted molar refractivity (Wildman–Crippen MR) is 51.2 cm³/mol. The molecule has 0 aromatic heterocycles. The molecule has 0 spiro atoms. The minimum atomic E-state index is 0.776. The second-order valence-electron chi connectivity index (χ2n) is 2.01. The van der Waals surface area contributed by atoms with E-state index in [1.165, 1.54) is 17.3 Å². The van der Waals surface area contributed by atoms with Crippen molar-refractivity contribution in [1.82, 2.24) is 0 Å². The van der Waals surface area contributed by atoms with Gasteiger partial charge in [0, 0.05) is 5.75 Å². The van der Waals surface area contributed by atoms with Crippen LogP contribution in [-0.4, -0.2) is 5.75 Å². The summed E-state index contributed by atoms with van der Waals surface area (Å²) >= 11 is 1.25. The normalized spacial score (nSPS) is 11.5. The number of thioether (sulfide) groups is 1. The molecule has 1 nitrogen and oxygen atoms in total. The summed E-state index contributed by atoms with van der Waals surface area (Å²) < 4.78 is 0. The topological polar surface area (TPSA) is 23.8 Å². The smallest absolute Gasteiger partial charge is 0.133 e. The average Bonchev–Trinajstić information content (AvgIpc) is 2.01. The highest BCUT2D eigenvalue weighted by Crippen LogP contribution is 2.04. The fourth-order valence-electron chi connectivity index (χ4n) is 0.493. The van der Waals surface area contributed by atoms with E-state index in [1.54, 1.807) is 6.08 Å². The SMILES string of the molecule is C=C/C=C\C=C(/C)CSC#N. The maximum atomic E-state index is 8.24. The van der Waals surface area contributed by atoms with Gasteiger partial charge in [0.05, 0.1) is 0 Å². The van der Waals surface area contributed by atoms with Crippen LogP contribution in [0.15, 0.2) is 36.5 Å². The first-order chi connectivity index (χ1) is 5.31. The molecule has 0 saturated heterocycles. The minimum Gasteiger partial charge on any atom is -0.185 e. The van der Waals surface area contributed by atoms with Gasteiger partial charge < -0.3 is 0 Å². The van der Waals surface area contributed by atoms with Crippen molar-refractivity contribution in [1.29, 1.82) is 5.26 Å². The summed E-state index contributed by atoms with van der Waals surface area (Å²) in [4.78, 5) is 0. The van der Waals surface area contributed by atoms with Gasteiger partial charge in [0.15, 0.2) is 0 Å². The number of nitrogens with zero attached hydrogens (tertiary/aromatic N) is 1. The molecule has 0 saturated carbocycles. The summed E-state index contributed by atoms with van der Waals surface area (Å²) in [5.74, 6) is 0.776. The van der Waals surface area contributed by atoms with Gasteiger partial charge in [-0.25, -0.2) is 0 Å². The van der Waals surface area contributed by atoms with E-state index in [0.717, 1.165) is 5.75 Å². The molecule has 0 bridgehead atoms. The molecule has 0 aliphatic carbocycles. The quantitative estimate of drug-likeness (QED) is 0.472. The molecule has 0 amide bonds. The Morgan fingerprint density at radius 3 is 2.91 bits per heavy atom. The van der Waals surface area contributed by atoms with Crippen molar-refractivity contribution in [3.63, 3.8) is 0 Å². The summed E-state index contributed by atoms with van der Waals surface area (Å²) in [6.07, 6.45) is 7.48. The van der Waals surface area contributed by atoms with E-state index in [9.17, 15) is 0 Å². The molecular weight excluding hydrogens is 154 g/mol. The van der Waals surface area contributed by atoms with Crippen LogP contribution in [0.4, 0.5) is 0 Å². The zero-order chi connectivity index (χ0) is 8.53. The van der Waals surface area contributed by atoms with Gasteiger partial charge >= 0.3 is 0 Å². The summed E-state index contributed by atoms with van der Waals surface area (Å²) in [7, 11) is 0. The summed E-state index contributed by atoms with van der Waals surface area (Å²) in [6.45, 7) is 5.54. The van der Waals surface area contributed by atoms with E-state index >= 15 is 0 Å². The van der Waals surface area contributed by atoms with Gasteiger partial charge in [0.2, 0.25) is 0 Å². The second-order valence-corrected chi connectivity index (χ2v) is 2.77. The second kappa shape index (κ2) is 7.17. The van der Waals surface area contributed by atoms with Crippen LogP contribution in [0.3, 0.4) is 0 Å². The highest BCUT2D eigenvalue weighted by atomic mass is 32.2. The van der Waals surface area contributed by atoms with Gasteiger partial charge in [0.1, 0.15) is 5.40 Å². The Bertz CT molecular complexity index is 208. The van der Waals surface area contributed by atoms with Gasteiger partial charge in [-0.2, -0.15) is 5.26 Å². The molecule has 11 heavy (non-hydrogen) atoms. The minimum absolute atomic E-state index is 0.776. The van der Waals surface area contributed by atoms with Crippen LogP contribution in [0.25, 0.3) is 0 Å². The zero-order valence-electron chi connectivity index (χ0n) is 6.58. The average molecular weight is 165 g/mol. The fraction of sp³-hybridized carbons (Fsp3) is 0.222. The Labute approximate surface area is 72.1 Å². The lowest BCUT2D eigenvalue weighted by molar-refractivity contribution is 1.41. The Balaban J connectivity index is 3.72. The van der Waals surface area contributed by atoms with E-state index < -0.39 is 0 Å². The van der Waals surface area contributed by atoms with Gasteiger partial charge in [-0.15, -0.1) is 0 Å². The molecule has 0 atom stereocenters.